The zero-order valence-corrected chi connectivity index (χ0v) is 16.5. The van der Waals surface area contributed by atoms with Crippen molar-refractivity contribution in [1.82, 2.24) is 9.88 Å². The standard InChI is InChI=1S/C21H21BrN2O3/c22-16-6-3-5-15(13-16)21(10-4-11-21)14-23-19(25)9-12-24-17-7-1-2-8-18(17)27-20(24)26/h1-3,5-8,13H,4,9-12,14H2,(H,23,25). The molecule has 6 heteroatoms. The SMILES string of the molecule is O=C(CCn1c(=O)oc2ccccc21)NCC1(c2cccc(Br)c2)CCC1. The van der Waals surface area contributed by atoms with Crippen LogP contribution in [0.1, 0.15) is 31.2 Å². The topological polar surface area (TPSA) is 64.2 Å². The molecule has 5 nitrogen and oxygen atoms in total. The molecule has 1 fully saturated rings. The second-order valence-electron chi connectivity index (χ2n) is 7.16. The second-order valence-corrected chi connectivity index (χ2v) is 8.07. The summed E-state index contributed by atoms with van der Waals surface area (Å²) in [6.07, 6.45) is 3.59. The summed E-state index contributed by atoms with van der Waals surface area (Å²) in [4.78, 5) is 24.4. The molecule has 2 aromatic carbocycles. The highest BCUT2D eigenvalue weighted by molar-refractivity contribution is 9.10. The summed E-state index contributed by atoms with van der Waals surface area (Å²) in [6.45, 7) is 0.939. The van der Waals surface area contributed by atoms with Crippen molar-refractivity contribution in [1.29, 1.82) is 0 Å². The van der Waals surface area contributed by atoms with Gasteiger partial charge in [0.2, 0.25) is 5.91 Å². The fraction of sp³-hybridized carbons (Fsp3) is 0.333. The lowest BCUT2D eigenvalue weighted by molar-refractivity contribution is -0.121. The van der Waals surface area contributed by atoms with Gasteiger partial charge < -0.3 is 9.73 Å². The highest BCUT2D eigenvalue weighted by Crippen LogP contribution is 2.43. The van der Waals surface area contributed by atoms with Gasteiger partial charge in [0, 0.05) is 29.4 Å². The Bertz CT molecular complexity index is 1030. The zero-order chi connectivity index (χ0) is 18.9. The number of hydrogen-bond acceptors (Lipinski definition) is 3. The molecule has 1 aromatic heterocycles. The number of aryl methyl sites for hydroxylation is 1. The van der Waals surface area contributed by atoms with Crippen LogP contribution < -0.4 is 11.1 Å². The first-order chi connectivity index (χ1) is 13.1. The van der Waals surface area contributed by atoms with Crippen LogP contribution in [0.2, 0.25) is 0 Å². The van der Waals surface area contributed by atoms with E-state index in [0.29, 0.717) is 18.7 Å². The van der Waals surface area contributed by atoms with Crippen LogP contribution in [0.5, 0.6) is 0 Å². The molecule has 3 aromatic rings. The molecule has 0 atom stereocenters. The predicted octanol–water partition coefficient (Wildman–Crippen LogP) is 3.99. The maximum atomic E-state index is 12.4. The number of nitrogens with zero attached hydrogens (tertiary/aromatic N) is 1. The maximum absolute atomic E-state index is 12.4. The summed E-state index contributed by atoms with van der Waals surface area (Å²) in [5.74, 6) is -0.470. The molecule has 0 unspecified atom stereocenters. The molecule has 1 N–H and O–H groups in total. The Morgan fingerprint density at radius 2 is 2.00 bits per heavy atom. The van der Waals surface area contributed by atoms with Crippen molar-refractivity contribution in [2.24, 2.45) is 0 Å². The van der Waals surface area contributed by atoms with Gasteiger partial charge in [-0.3, -0.25) is 9.36 Å². The summed E-state index contributed by atoms with van der Waals surface area (Å²) < 4.78 is 7.79. The average Bonchev–Trinajstić information content (AvgIpc) is 2.94. The molecule has 140 valence electrons. The Kier molecular flexibility index (Phi) is 4.91. The van der Waals surface area contributed by atoms with Crippen molar-refractivity contribution < 1.29 is 9.21 Å². The van der Waals surface area contributed by atoms with Crippen molar-refractivity contribution in [3.8, 4) is 0 Å². The number of oxazole rings is 1. The fourth-order valence-electron chi connectivity index (χ4n) is 3.78. The number of benzene rings is 2. The van der Waals surface area contributed by atoms with E-state index in [0.717, 1.165) is 22.8 Å². The van der Waals surface area contributed by atoms with E-state index in [-0.39, 0.29) is 17.7 Å². The lowest BCUT2D eigenvalue weighted by atomic mass is 9.64. The summed E-state index contributed by atoms with van der Waals surface area (Å²) in [7, 11) is 0. The number of para-hydroxylation sites is 2. The lowest BCUT2D eigenvalue weighted by Gasteiger charge is -2.42. The van der Waals surface area contributed by atoms with E-state index >= 15 is 0 Å². The molecule has 0 bridgehead atoms. The molecule has 1 amide bonds. The number of rotatable bonds is 6. The quantitative estimate of drug-likeness (QED) is 0.645. The largest absolute Gasteiger partial charge is 0.419 e. The zero-order valence-electron chi connectivity index (χ0n) is 14.9. The molecule has 1 aliphatic rings. The third kappa shape index (κ3) is 3.58. The van der Waals surface area contributed by atoms with Crippen molar-refractivity contribution in [2.45, 2.75) is 37.6 Å². The number of aromatic nitrogens is 1. The number of fused-ring (bicyclic) bond motifs is 1. The number of carbonyl (C=O) groups excluding carboxylic acids is 1. The minimum Gasteiger partial charge on any atom is -0.408 e. The minimum absolute atomic E-state index is 0.0264. The molecular weight excluding hydrogens is 408 g/mol. The molecular formula is C21H21BrN2O3. The first kappa shape index (κ1) is 18.0. The Balaban J connectivity index is 1.39. The molecule has 1 aliphatic carbocycles. The van der Waals surface area contributed by atoms with Gasteiger partial charge in [-0.1, -0.05) is 46.6 Å². The van der Waals surface area contributed by atoms with Crippen molar-refractivity contribution in [2.75, 3.05) is 6.54 Å². The summed E-state index contributed by atoms with van der Waals surface area (Å²) in [5.41, 5.74) is 2.56. The van der Waals surface area contributed by atoms with Gasteiger partial charge in [0.05, 0.1) is 5.52 Å². The van der Waals surface area contributed by atoms with Crippen LogP contribution in [-0.4, -0.2) is 17.0 Å². The van der Waals surface area contributed by atoms with E-state index in [4.69, 9.17) is 4.42 Å². The molecule has 0 aliphatic heterocycles. The Hall–Kier alpha value is -2.34. The van der Waals surface area contributed by atoms with Crippen molar-refractivity contribution in [3.05, 3.63) is 69.1 Å². The van der Waals surface area contributed by atoms with Crippen LogP contribution in [0, 0.1) is 0 Å². The molecule has 0 saturated heterocycles. The van der Waals surface area contributed by atoms with Gasteiger partial charge in [-0.2, -0.15) is 0 Å². The van der Waals surface area contributed by atoms with Gasteiger partial charge in [0.15, 0.2) is 5.58 Å². The number of hydrogen-bond donors (Lipinski definition) is 1. The van der Waals surface area contributed by atoms with Crippen LogP contribution in [-0.2, 0) is 16.8 Å². The fourth-order valence-corrected chi connectivity index (χ4v) is 4.18. The third-order valence-corrected chi connectivity index (χ3v) is 6.00. The minimum atomic E-state index is -0.423. The van der Waals surface area contributed by atoms with Crippen LogP contribution in [0.4, 0.5) is 0 Å². The van der Waals surface area contributed by atoms with E-state index < -0.39 is 5.76 Å². The molecule has 4 rings (SSSR count). The maximum Gasteiger partial charge on any atom is 0.419 e. The van der Waals surface area contributed by atoms with E-state index in [9.17, 15) is 9.59 Å². The highest BCUT2D eigenvalue weighted by atomic mass is 79.9. The molecule has 0 spiro atoms. The van der Waals surface area contributed by atoms with Gasteiger partial charge in [-0.25, -0.2) is 4.79 Å². The summed E-state index contributed by atoms with van der Waals surface area (Å²) >= 11 is 3.53. The highest BCUT2D eigenvalue weighted by Gasteiger charge is 2.38. The summed E-state index contributed by atoms with van der Waals surface area (Å²) in [5, 5.41) is 3.07. The Labute approximate surface area is 165 Å². The van der Waals surface area contributed by atoms with Gasteiger partial charge in [-0.05, 0) is 42.7 Å². The van der Waals surface area contributed by atoms with E-state index in [1.165, 1.54) is 16.6 Å². The molecule has 0 radical (unpaired) electrons. The predicted molar refractivity (Wildman–Crippen MR) is 108 cm³/mol. The third-order valence-electron chi connectivity index (χ3n) is 5.51. The molecule has 1 saturated carbocycles. The van der Waals surface area contributed by atoms with Gasteiger partial charge >= 0.3 is 5.76 Å². The van der Waals surface area contributed by atoms with Gasteiger partial charge in [0.25, 0.3) is 0 Å². The number of carbonyl (C=O) groups is 1. The number of amides is 1. The van der Waals surface area contributed by atoms with Crippen molar-refractivity contribution in [3.63, 3.8) is 0 Å². The molecule has 1 heterocycles. The van der Waals surface area contributed by atoms with Crippen LogP contribution in [0.15, 0.2) is 62.2 Å². The Morgan fingerprint density at radius 1 is 1.19 bits per heavy atom. The second kappa shape index (κ2) is 7.35. The monoisotopic (exact) mass is 428 g/mol. The lowest BCUT2D eigenvalue weighted by Crippen LogP contribution is -2.45. The van der Waals surface area contributed by atoms with Gasteiger partial charge in [-0.15, -0.1) is 0 Å². The van der Waals surface area contributed by atoms with Crippen LogP contribution in [0.3, 0.4) is 0 Å². The van der Waals surface area contributed by atoms with E-state index in [1.807, 2.05) is 30.3 Å². The Morgan fingerprint density at radius 3 is 2.74 bits per heavy atom. The normalized spacial score (nSPS) is 15.4. The van der Waals surface area contributed by atoms with E-state index in [2.05, 4.69) is 33.4 Å². The van der Waals surface area contributed by atoms with Crippen LogP contribution >= 0.6 is 15.9 Å². The van der Waals surface area contributed by atoms with E-state index in [1.54, 1.807) is 6.07 Å². The first-order valence-electron chi connectivity index (χ1n) is 9.19. The average molecular weight is 429 g/mol. The first-order valence-corrected chi connectivity index (χ1v) is 9.98. The number of halogens is 1. The molecule has 27 heavy (non-hydrogen) atoms. The number of nitrogens with one attached hydrogen (secondary N) is 1. The summed E-state index contributed by atoms with van der Waals surface area (Å²) in [6, 6.07) is 15.6. The van der Waals surface area contributed by atoms with Crippen molar-refractivity contribution >= 4 is 32.9 Å². The smallest absolute Gasteiger partial charge is 0.408 e. The van der Waals surface area contributed by atoms with Gasteiger partial charge in [0.1, 0.15) is 0 Å². The van der Waals surface area contributed by atoms with Crippen LogP contribution in [0.25, 0.3) is 11.1 Å².